The number of esters is 1. The van der Waals surface area contributed by atoms with E-state index in [2.05, 4.69) is 15.2 Å². The van der Waals surface area contributed by atoms with Crippen molar-refractivity contribution in [2.24, 2.45) is 0 Å². The summed E-state index contributed by atoms with van der Waals surface area (Å²) >= 11 is 1.35. The number of rotatable bonds is 7. The second kappa shape index (κ2) is 11.1. The molecule has 1 aliphatic rings. The molecule has 0 bridgehead atoms. The van der Waals surface area contributed by atoms with Crippen LogP contribution in [0, 0.1) is 0 Å². The summed E-state index contributed by atoms with van der Waals surface area (Å²) in [5, 5.41) is 9.03. The number of aromatic nitrogens is 3. The topological polar surface area (TPSA) is 108 Å². The van der Waals surface area contributed by atoms with Crippen molar-refractivity contribution in [1.29, 1.82) is 0 Å². The predicted molar refractivity (Wildman–Crippen MR) is 143 cm³/mol. The third-order valence-electron chi connectivity index (χ3n) is 5.98. The van der Waals surface area contributed by atoms with Gasteiger partial charge in [0.1, 0.15) is 5.76 Å². The minimum absolute atomic E-state index is 0.118. The van der Waals surface area contributed by atoms with Crippen molar-refractivity contribution in [3.63, 3.8) is 0 Å². The smallest absolute Gasteiger partial charge is 0.338 e. The number of amides is 1. The summed E-state index contributed by atoms with van der Waals surface area (Å²) in [6.45, 7) is 4.03. The Morgan fingerprint density at radius 3 is 2.55 bits per heavy atom. The van der Waals surface area contributed by atoms with Gasteiger partial charge >= 0.3 is 5.97 Å². The maximum Gasteiger partial charge on any atom is 0.338 e. The molecule has 10 heteroatoms. The molecule has 2 aromatic carbocycles. The van der Waals surface area contributed by atoms with Crippen LogP contribution in [-0.4, -0.2) is 39.9 Å². The number of carbonyl (C=O) groups excluding carboxylic acids is 2. The lowest BCUT2D eigenvalue weighted by atomic mass is 10.1. The van der Waals surface area contributed by atoms with Gasteiger partial charge in [-0.25, -0.2) is 4.79 Å². The summed E-state index contributed by atoms with van der Waals surface area (Å²) < 4.78 is 17.7. The van der Waals surface area contributed by atoms with Gasteiger partial charge in [-0.05, 0) is 49.9 Å². The highest BCUT2D eigenvalue weighted by Crippen LogP contribution is 2.44. The SMILES string of the molecule is CCCC(=O)N1c2ccccc2-c2nnc(SC)nc2OC1c1ccc(-c2ccc(C(=O)OCC)cc2)o1. The number of anilines is 1. The van der Waals surface area contributed by atoms with E-state index in [9.17, 15) is 9.59 Å². The number of para-hydroxylation sites is 1. The number of nitrogens with zero attached hydrogens (tertiary/aromatic N) is 4. The molecule has 1 atom stereocenters. The molecule has 5 rings (SSSR count). The minimum atomic E-state index is -0.921. The van der Waals surface area contributed by atoms with Gasteiger partial charge in [0.25, 0.3) is 0 Å². The standard InChI is InChI=1S/C28H26N4O5S/c1-4-8-23(33)32-20-10-7-6-9-19(20)24-25(29-28(38-3)31-30-24)37-26(32)22-16-15-21(36-22)17-11-13-18(14-12-17)27(34)35-5-2/h6-7,9-16,26H,4-5,8H2,1-3H3. The number of ether oxygens (including phenoxy) is 2. The maximum absolute atomic E-state index is 13.5. The molecule has 0 fully saturated rings. The van der Waals surface area contributed by atoms with Gasteiger partial charge in [-0.15, -0.1) is 10.2 Å². The Kier molecular flexibility index (Phi) is 7.41. The first-order valence-electron chi connectivity index (χ1n) is 12.3. The number of carbonyl (C=O) groups is 2. The highest BCUT2D eigenvalue weighted by atomic mass is 32.2. The average molecular weight is 531 g/mol. The van der Waals surface area contributed by atoms with Crippen molar-refractivity contribution in [3.8, 4) is 28.5 Å². The fraction of sp³-hybridized carbons (Fsp3) is 0.250. The van der Waals surface area contributed by atoms with Gasteiger partial charge in [0.05, 0.1) is 17.9 Å². The molecule has 0 saturated heterocycles. The van der Waals surface area contributed by atoms with Gasteiger partial charge in [0.2, 0.25) is 23.2 Å². The number of benzene rings is 2. The second-order valence-corrected chi connectivity index (χ2v) is 9.23. The monoisotopic (exact) mass is 530 g/mol. The number of fused-ring (bicyclic) bond motifs is 3. The van der Waals surface area contributed by atoms with Crippen LogP contribution in [0.1, 0.15) is 49.0 Å². The van der Waals surface area contributed by atoms with Gasteiger partial charge < -0.3 is 13.9 Å². The summed E-state index contributed by atoms with van der Waals surface area (Å²) in [4.78, 5) is 31.7. The van der Waals surface area contributed by atoms with E-state index in [0.29, 0.717) is 58.6 Å². The molecule has 194 valence electrons. The normalized spacial score (nSPS) is 14.2. The van der Waals surface area contributed by atoms with Crippen LogP contribution in [0.25, 0.3) is 22.6 Å². The highest BCUT2D eigenvalue weighted by Gasteiger charge is 2.37. The lowest BCUT2D eigenvalue weighted by molar-refractivity contribution is -0.120. The molecule has 9 nitrogen and oxygen atoms in total. The predicted octanol–water partition coefficient (Wildman–Crippen LogP) is 5.92. The summed E-state index contributed by atoms with van der Waals surface area (Å²) in [6, 6.07) is 18.0. The molecule has 1 unspecified atom stereocenters. The Balaban J connectivity index is 1.58. The summed E-state index contributed by atoms with van der Waals surface area (Å²) in [6.07, 6.45) is 1.93. The Hall–Kier alpha value is -4.18. The quantitative estimate of drug-likeness (QED) is 0.212. The Bertz CT molecular complexity index is 1470. The highest BCUT2D eigenvalue weighted by molar-refractivity contribution is 7.98. The third kappa shape index (κ3) is 4.87. The van der Waals surface area contributed by atoms with Crippen LogP contribution in [0.15, 0.2) is 70.2 Å². The Labute approximate surface area is 224 Å². The molecule has 1 amide bonds. The number of hydrogen-bond donors (Lipinski definition) is 0. The number of furan rings is 1. The van der Waals surface area contributed by atoms with E-state index in [4.69, 9.17) is 13.9 Å². The van der Waals surface area contributed by atoms with Crippen molar-refractivity contribution in [3.05, 3.63) is 72.0 Å². The van der Waals surface area contributed by atoms with Gasteiger partial charge in [-0.1, -0.05) is 49.0 Å². The second-order valence-electron chi connectivity index (χ2n) is 8.45. The van der Waals surface area contributed by atoms with E-state index in [0.717, 1.165) is 5.56 Å². The molecular formula is C28H26N4O5S. The molecule has 0 aliphatic carbocycles. The lowest BCUT2D eigenvalue weighted by Crippen LogP contribution is -2.37. The molecule has 2 aromatic heterocycles. The van der Waals surface area contributed by atoms with Crippen LogP contribution in [0.5, 0.6) is 5.88 Å². The zero-order valence-corrected chi connectivity index (χ0v) is 22.0. The van der Waals surface area contributed by atoms with Crippen LogP contribution >= 0.6 is 11.8 Å². The summed E-state index contributed by atoms with van der Waals surface area (Å²) in [7, 11) is 0. The van der Waals surface area contributed by atoms with Crippen LogP contribution in [0.4, 0.5) is 5.69 Å². The summed E-state index contributed by atoms with van der Waals surface area (Å²) in [5.41, 5.74) is 3.01. The molecular weight excluding hydrogens is 504 g/mol. The van der Waals surface area contributed by atoms with E-state index in [-0.39, 0.29) is 17.8 Å². The lowest BCUT2D eigenvalue weighted by Gasteiger charge is -2.29. The first-order chi connectivity index (χ1) is 18.5. The van der Waals surface area contributed by atoms with Gasteiger partial charge in [-0.2, -0.15) is 4.98 Å². The molecule has 0 saturated carbocycles. The molecule has 1 aliphatic heterocycles. The summed E-state index contributed by atoms with van der Waals surface area (Å²) in [5.74, 6) is 0.753. The zero-order valence-electron chi connectivity index (χ0n) is 21.2. The first kappa shape index (κ1) is 25.5. The molecule has 38 heavy (non-hydrogen) atoms. The molecule has 4 aromatic rings. The van der Waals surface area contributed by atoms with E-state index in [1.54, 1.807) is 42.2 Å². The molecule has 0 spiro atoms. The third-order valence-corrected chi connectivity index (χ3v) is 6.52. The molecule has 0 radical (unpaired) electrons. The van der Waals surface area contributed by atoms with Crippen molar-refractivity contribution >= 4 is 29.3 Å². The van der Waals surface area contributed by atoms with E-state index in [1.807, 2.05) is 43.5 Å². The minimum Gasteiger partial charge on any atom is -0.462 e. The van der Waals surface area contributed by atoms with Gasteiger partial charge in [0.15, 0.2) is 11.5 Å². The van der Waals surface area contributed by atoms with Crippen LogP contribution in [0.2, 0.25) is 0 Å². The van der Waals surface area contributed by atoms with Crippen molar-refractivity contribution in [2.45, 2.75) is 38.1 Å². The van der Waals surface area contributed by atoms with Crippen molar-refractivity contribution < 1.29 is 23.5 Å². The van der Waals surface area contributed by atoms with Crippen LogP contribution in [-0.2, 0) is 9.53 Å². The van der Waals surface area contributed by atoms with Crippen LogP contribution in [0.3, 0.4) is 0 Å². The number of thioether (sulfide) groups is 1. The fourth-order valence-corrected chi connectivity index (χ4v) is 4.51. The molecule has 0 N–H and O–H groups in total. The van der Waals surface area contributed by atoms with Crippen molar-refractivity contribution in [1.82, 2.24) is 15.2 Å². The van der Waals surface area contributed by atoms with Crippen molar-refractivity contribution in [2.75, 3.05) is 17.8 Å². The largest absolute Gasteiger partial charge is 0.462 e. The zero-order chi connectivity index (χ0) is 26.6. The van der Waals surface area contributed by atoms with Crippen LogP contribution < -0.4 is 9.64 Å². The number of hydrogen-bond acceptors (Lipinski definition) is 9. The first-order valence-corrected chi connectivity index (χ1v) is 13.5. The van der Waals surface area contributed by atoms with Gasteiger partial charge in [0, 0.05) is 17.5 Å². The van der Waals surface area contributed by atoms with E-state index < -0.39 is 6.23 Å². The van der Waals surface area contributed by atoms with E-state index in [1.165, 1.54) is 11.8 Å². The average Bonchev–Trinajstić information content (AvgIpc) is 3.38. The van der Waals surface area contributed by atoms with Gasteiger partial charge in [-0.3, -0.25) is 9.69 Å². The molecule has 3 heterocycles. The maximum atomic E-state index is 13.5. The Morgan fingerprint density at radius 1 is 1.03 bits per heavy atom. The Morgan fingerprint density at radius 2 is 1.82 bits per heavy atom. The van der Waals surface area contributed by atoms with E-state index >= 15 is 0 Å². The fourth-order valence-electron chi connectivity index (χ4n) is 4.21.